The summed E-state index contributed by atoms with van der Waals surface area (Å²) >= 11 is 0. The highest BCUT2D eigenvalue weighted by Crippen LogP contribution is 2.07. The highest BCUT2D eigenvalue weighted by atomic mass is 19.1. The van der Waals surface area contributed by atoms with Gasteiger partial charge in [-0.25, -0.2) is 4.39 Å². The smallest absolute Gasteiger partial charge is 0.271 e. The van der Waals surface area contributed by atoms with Gasteiger partial charge in [0.25, 0.3) is 5.91 Å². The molecule has 2 rings (SSSR count). The number of benzene rings is 1. The molecule has 0 saturated heterocycles. The van der Waals surface area contributed by atoms with Gasteiger partial charge in [0, 0.05) is 12.6 Å². The van der Waals surface area contributed by atoms with E-state index in [2.05, 4.69) is 20.8 Å². The largest absolute Gasteiger partial charge is 0.366 e. The normalized spacial score (nSPS) is 10.5. The van der Waals surface area contributed by atoms with Crippen LogP contribution in [-0.4, -0.2) is 28.7 Å². The van der Waals surface area contributed by atoms with Gasteiger partial charge in [0.2, 0.25) is 0 Å². The van der Waals surface area contributed by atoms with E-state index in [0.717, 1.165) is 0 Å². The molecule has 2 aromatic rings. The van der Waals surface area contributed by atoms with Crippen molar-refractivity contribution in [3.8, 4) is 0 Å². The monoisotopic (exact) mass is 302 g/mol. The van der Waals surface area contributed by atoms with Crippen LogP contribution in [0.5, 0.6) is 0 Å². The number of carbonyl (C=O) groups is 1. The third kappa shape index (κ3) is 4.51. The number of carbonyl (C=O) groups excluding carboxylic acids is 1. The Kier molecular flexibility index (Phi) is 5.41. The van der Waals surface area contributed by atoms with Gasteiger partial charge in [0.15, 0.2) is 5.69 Å². The van der Waals surface area contributed by atoms with E-state index in [0.29, 0.717) is 24.3 Å². The summed E-state index contributed by atoms with van der Waals surface area (Å²) in [5.74, 6) is 0.0403. The summed E-state index contributed by atoms with van der Waals surface area (Å²) in [5, 5.41) is 13.6. The zero-order valence-corrected chi connectivity index (χ0v) is 12.6. The fraction of sp³-hybridized carbons (Fsp3) is 0.312. The maximum Gasteiger partial charge on any atom is 0.271 e. The Hall–Kier alpha value is -2.50. The number of hydrogen-bond acceptors (Lipinski definition) is 4. The highest BCUT2D eigenvalue weighted by molar-refractivity contribution is 5.92. The van der Waals surface area contributed by atoms with Crippen LogP contribution >= 0.6 is 0 Å². The van der Waals surface area contributed by atoms with Gasteiger partial charge in [-0.1, -0.05) is 18.2 Å². The van der Waals surface area contributed by atoms with E-state index >= 15 is 0 Å². The van der Waals surface area contributed by atoms with Crippen LogP contribution in [0.2, 0.25) is 0 Å². The first-order chi connectivity index (χ1) is 10.6. The predicted octanol–water partition coefficient (Wildman–Crippen LogP) is 2.41. The summed E-state index contributed by atoms with van der Waals surface area (Å²) in [7, 11) is 0. The number of halogens is 1. The molecule has 0 aliphatic carbocycles. The van der Waals surface area contributed by atoms with Crippen LogP contribution in [0.25, 0.3) is 0 Å². The lowest BCUT2D eigenvalue weighted by Gasteiger charge is -2.08. The van der Waals surface area contributed by atoms with Crippen molar-refractivity contribution in [3.63, 3.8) is 0 Å². The van der Waals surface area contributed by atoms with Gasteiger partial charge in [-0.05, 0) is 44.0 Å². The van der Waals surface area contributed by atoms with E-state index in [-0.39, 0.29) is 23.5 Å². The minimum absolute atomic E-state index is 0.239. The average Bonchev–Trinajstić information content (AvgIpc) is 2.49. The van der Waals surface area contributed by atoms with Crippen molar-refractivity contribution < 1.29 is 9.18 Å². The highest BCUT2D eigenvalue weighted by Gasteiger charge is 2.08. The molecule has 1 amide bonds. The summed E-state index contributed by atoms with van der Waals surface area (Å²) in [6, 6.07) is 10.1. The third-order valence-corrected chi connectivity index (χ3v) is 2.97. The maximum atomic E-state index is 13.4. The molecule has 116 valence electrons. The van der Waals surface area contributed by atoms with E-state index in [9.17, 15) is 9.18 Å². The molecular formula is C16H19FN4O. The molecule has 0 aliphatic heterocycles. The molecule has 2 N–H and O–H groups in total. The SMILES string of the molecule is CC(C)Nc1ccc(C(=O)NCCc2ccccc2F)nn1. The van der Waals surface area contributed by atoms with Gasteiger partial charge in [0.1, 0.15) is 11.6 Å². The van der Waals surface area contributed by atoms with Crippen LogP contribution in [0.15, 0.2) is 36.4 Å². The molecule has 0 fully saturated rings. The lowest BCUT2D eigenvalue weighted by atomic mass is 10.1. The van der Waals surface area contributed by atoms with Crippen LogP contribution in [0.3, 0.4) is 0 Å². The molecule has 5 nitrogen and oxygen atoms in total. The zero-order valence-electron chi connectivity index (χ0n) is 12.6. The lowest BCUT2D eigenvalue weighted by molar-refractivity contribution is 0.0948. The van der Waals surface area contributed by atoms with Crippen LogP contribution < -0.4 is 10.6 Å². The Morgan fingerprint density at radius 3 is 2.59 bits per heavy atom. The van der Waals surface area contributed by atoms with Crippen molar-refractivity contribution in [3.05, 3.63) is 53.5 Å². The zero-order chi connectivity index (χ0) is 15.9. The Morgan fingerprint density at radius 2 is 1.95 bits per heavy atom. The molecule has 0 radical (unpaired) electrons. The minimum Gasteiger partial charge on any atom is -0.366 e. The fourth-order valence-electron chi connectivity index (χ4n) is 1.93. The summed E-state index contributed by atoms with van der Waals surface area (Å²) < 4.78 is 13.4. The molecule has 0 bridgehead atoms. The second-order valence-electron chi connectivity index (χ2n) is 5.20. The Balaban J connectivity index is 1.86. The van der Waals surface area contributed by atoms with Crippen molar-refractivity contribution in [2.45, 2.75) is 26.3 Å². The van der Waals surface area contributed by atoms with Gasteiger partial charge in [-0.15, -0.1) is 10.2 Å². The van der Waals surface area contributed by atoms with Crippen LogP contribution in [0.1, 0.15) is 29.9 Å². The van der Waals surface area contributed by atoms with Gasteiger partial charge in [-0.3, -0.25) is 4.79 Å². The number of anilines is 1. The number of nitrogens with zero attached hydrogens (tertiary/aromatic N) is 2. The van der Waals surface area contributed by atoms with E-state index in [1.54, 1.807) is 30.3 Å². The van der Waals surface area contributed by atoms with Gasteiger partial charge >= 0.3 is 0 Å². The molecule has 1 aromatic carbocycles. The number of amides is 1. The molecule has 6 heteroatoms. The van der Waals surface area contributed by atoms with E-state index in [4.69, 9.17) is 0 Å². The number of nitrogens with one attached hydrogen (secondary N) is 2. The topological polar surface area (TPSA) is 66.9 Å². The van der Waals surface area contributed by atoms with E-state index < -0.39 is 0 Å². The van der Waals surface area contributed by atoms with Crippen LogP contribution in [0, 0.1) is 5.82 Å². The van der Waals surface area contributed by atoms with Crippen molar-refractivity contribution in [2.75, 3.05) is 11.9 Å². The second-order valence-corrected chi connectivity index (χ2v) is 5.20. The van der Waals surface area contributed by atoms with E-state index in [1.807, 2.05) is 13.8 Å². The van der Waals surface area contributed by atoms with Crippen molar-refractivity contribution in [1.29, 1.82) is 0 Å². The average molecular weight is 302 g/mol. The van der Waals surface area contributed by atoms with E-state index in [1.165, 1.54) is 6.07 Å². The van der Waals surface area contributed by atoms with Crippen LogP contribution in [0.4, 0.5) is 10.2 Å². The molecule has 1 aromatic heterocycles. The lowest BCUT2D eigenvalue weighted by Crippen LogP contribution is -2.27. The first-order valence-corrected chi connectivity index (χ1v) is 7.18. The molecule has 0 unspecified atom stereocenters. The minimum atomic E-state index is -0.320. The summed E-state index contributed by atoms with van der Waals surface area (Å²) in [6.45, 7) is 4.32. The van der Waals surface area contributed by atoms with Crippen molar-refractivity contribution >= 4 is 11.7 Å². The maximum absolute atomic E-state index is 13.4. The fourth-order valence-corrected chi connectivity index (χ4v) is 1.93. The van der Waals surface area contributed by atoms with Gasteiger partial charge in [-0.2, -0.15) is 0 Å². The molecule has 0 atom stereocenters. The quantitative estimate of drug-likeness (QED) is 0.860. The first kappa shape index (κ1) is 15.9. The van der Waals surface area contributed by atoms with Gasteiger partial charge < -0.3 is 10.6 Å². The molecule has 0 spiro atoms. The Labute approximate surface area is 129 Å². The first-order valence-electron chi connectivity index (χ1n) is 7.18. The molecule has 0 saturated carbocycles. The van der Waals surface area contributed by atoms with Crippen LogP contribution in [-0.2, 0) is 6.42 Å². The Morgan fingerprint density at radius 1 is 1.18 bits per heavy atom. The van der Waals surface area contributed by atoms with Crippen molar-refractivity contribution in [2.24, 2.45) is 0 Å². The molecule has 1 heterocycles. The predicted molar refractivity (Wildman–Crippen MR) is 83.2 cm³/mol. The third-order valence-electron chi connectivity index (χ3n) is 2.97. The van der Waals surface area contributed by atoms with Crippen molar-refractivity contribution in [1.82, 2.24) is 15.5 Å². The molecule has 0 aliphatic rings. The number of rotatable bonds is 6. The summed E-state index contributed by atoms with van der Waals surface area (Å²) in [5.41, 5.74) is 0.813. The summed E-state index contributed by atoms with van der Waals surface area (Å²) in [4.78, 5) is 11.9. The molecular weight excluding hydrogens is 283 g/mol. The number of hydrogen-bond donors (Lipinski definition) is 2. The van der Waals surface area contributed by atoms with Gasteiger partial charge in [0.05, 0.1) is 0 Å². The Bertz CT molecular complexity index is 628. The number of aromatic nitrogens is 2. The second kappa shape index (κ2) is 7.49. The standard InChI is InChI=1S/C16H19FN4O/c1-11(2)19-15-8-7-14(20-21-15)16(22)18-10-9-12-5-3-4-6-13(12)17/h3-8,11H,9-10H2,1-2H3,(H,18,22)(H,19,21). The summed E-state index contributed by atoms with van der Waals surface area (Å²) in [6.07, 6.45) is 0.429. The molecule has 22 heavy (non-hydrogen) atoms.